The molecular weight excluding hydrogens is 318 g/mol. The number of aryl methyl sites for hydroxylation is 2. The van der Waals surface area contributed by atoms with Crippen molar-refractivity contribution in [2.24, 2.45) is 0 Å². The number of nitrogens with zero attached hydrogens (tertiary/aromatic N) is 1. The Labute approximate surface area is 135 Å². The van der Waals surface area contributed by atoms with Gasteiger partial charge < -0.3 is 9.84 Å². The van der Waals surface area contributed by atoms with Crippen LogP contribution in [-0.4, -0.2) is 31.8 Å². The van der Waals surface area contributed by atoms with Crippen LogP contribution >= 0.6 is 0 Å². The number of carbonyl (C=O) groups excluding carboxylic acids is 1. The summed E-state index contributed by atoms with van der Waals surface area (Å²) in [5, 5.41) is 6.16. The van der Waals surface area contributed by atoms with Gasteiger partial charge in [-0.15, -0.1) is 0 Å². The molecule has 2 aromatic rings. The summed E-state index contributed by atoms with van der Waals surface area (Å²) in [6.45, 7) is 1.75. The molecule has 2 rings (SSSR count). The third kappa shape index (κ3) is 6.21. The second-order valence-corrected chi connectivity index (χ2v) is 7.00. The zero-order valence-corrected chi connectivity index (χ0v) is 13.6. The zero-order valence-electron chi connectivity index (χ0n) is 12.8. The summed E-state index contributed by atoms with van der Waals surface area (Å²) in [5.41, 5.74) is 0.956. The fourth-order valence-electron chi connectivity index (χ4n) is 1.92. The molecule has 0 aliphatic rings. The number of sulfonamides is 1. The number of anilines is 1. The van der Waals surface area contributed by atoms with Crippen LogP contribution in [-0.2, 0) is 21.2 Å². The summed E-state index contributed by atoms with van der Waals surface area (Å²) >= 11 is 0. The SMILES string of the molecule is Cc1cc(NC(=O)CCNS(=O)(=O)CCc2ccccc2)no1. The Morgan fingerprint density at radius 1 is 1.26 bits per heavy atom. The summed E-state index contributed by atoms with van der Waals surface area (Å²) in [5.74, 6) is 0.562. The van der Waals surface area contributed by atoms with Gasteiger partial charge in [-0.25, -0.2) is 13.1 Å². The van der Waals surface area contributed by atoms with E-state index in [4.69, 9.17) is 4.52 Å². The molecule has 124 valence electrons. The fourth-order valence-corrected chi connectivity index (χ4v) is 2.98. The molecule has 0 aliphatic heterocycles. The van der Waals surface area contributed by atoms with Crippen LogP contribution in [0.25, 0.3) is 0 Å². The Kier molecular flexibility index (Phi) is 5.89. The third-order valence-corrected chi connectivity index (χ3v) is 4.46. The summed E-state index contributed by atoms with van der Waals surface area (Å²) in [4.78, 5) is 11.7. The van der Waals surface area contributed by atoms with Crippen molar-refractivity contribution in [3.8, 4) is 0 Å². The molecule has 8 heteroatoms. The number of hydrogen-bond donors (Lipinski definition) is 2. The first-order valence-electron chi connectivity index (χ1n) is 7.19. The summed E-state index contributed by atoms with van der Waals surface area (Å²) in [7, 11) is -3.41. The van der Waals surface area contributed by atoms with E-state index in [2.05, 4.69) is 15.2 Å². The number of rotatable bonds is 8. The molecule has 7 nitrogen and oxygen atoms in total. The second kappa shape index (κ2) is 7.89. The molecule has 0 aliphatic carbocycles. The minimum absolute atomic E-state index is 0.0128. The standard InChI is InChI=1S/C15H19N3O4S/c1-12-11-14(18-22-12)17-15(19)7-9-16-23(20,21)10-8-13-5-3-2-4-6-13/h2-6,11,16H,7-10H2,1H3,(H,17,18,19). The zero-order chi connectivity index (χ0) is 16.7. The third-order valence-electron chi connectivity index (χ3n) is 3.07. The smallest absolute Gasteiger partial charge is 0.226 e. The number of benzene rings is 1. The van der Waals surface area contributed by atoms with Crippen molar-refractivity contribution in [3.05, 3.63) is 47.7 Å². The van der Waals surface area contributed by atoms with E-state index in [-0.39, 0.29) is 24.6 Å². The van der Waals surface area contributed by atoms with E-state index in [0.717, 1.165) is 5.56 Å². The van der Waals surface area contributed by atoms with Crippen molar-refractivity contribution in [1.29, 1.82) is 0 Å². The number of hydrogen-bond acceptors (Lipinski definition) is 5. The van der Waals surface area contributed by atoms with Crippen molar-refractivity contribution in [1.82, 2.24) is 9.88 Å². The molecule has 0 saturated heterocycles. The van der Waals surface area contributed by atoms with E-state index in [1.54, 1.807) is 13.0 Å². The normalized spacial score (nSPS) is 11.3. The average Bonchev–Trinajstić information content (AvgIpc) is 2.91. The van der Waals surface area contributed by atoms with Gasteiger partial charge in [-0.3, -0.25) is 4.79 Å². The quantitative estimate of drug-likeness (QED) is 0.759. The van der Waals surface area contributed by atoms with Crippen molar-refractivity contribution >= 4 is 21.7 Å². The van der Waals surface area contributed by atoms with Gasteiger partial charge in [0.1, 0.15) is 5.76 Å². The molecule has 2 N–H and O–H groups in total. The number of carbonyl (C=O) groups is 1. The predicted molar refractivity (Wildman–Crippen MR) is 86.4 cm³/mol. The molecule has 1 aromatic heterocycles. The molecule has 0 unspecified atom stereocenters. The molecule has 0 bridgehead atoms. The molecule has 0 fully saturated rings. The highest BCUT2D eigenvalue weighted by atomic mass is 32.2. The maximum absolute atomic E-state index is 11.9. The second-order valence-electron chi connectivity index (χ2n) is 5.07. The van der Waals surface area contributed by atoms with Crippen molar-refractivity contribution in [3.63, 3.8) is 0 Å². The van der Waals surface area contributed by atoms with Crippen LogP contribution in [0.4, 0.5) is 5.82 Å². The Balaban J connectivity index is 1.70. The fraction of sp³-hybridized carbons (Fsp3) is 0.333. The van der Waals surface area contributed by atoms with Gasteiger partial charge in [0.15, 0.2) is 5.82 Å². The minimum atomic E-state index is -3.41. The highest BCUT2D eigenvalue weighted by Crippen LogP contribution is 2.07. The van der Waals surface area contributed by atoms with E-state index in [0.29, 0.717) is 18.0 Å². The van der Waals surface area contributed by atoms with Crippen molar-refractivity contribution < 1.29 is 17.7 Å². The lowest BCUT2D eigenvalue weighted by Crippen LogP contribution is -2.30. The molecule has 1 heterocycles. The minimum Gasteiger partial charge on any atom is -0.360 e. The first-order valence-corrected chi connectivity index (χ1v) is 8.84. The van der Waals surface area contributed by atoms with E-state index < -0.39 is 10.0 Å². The largest absolute Gasteiger partial charge is 0.360 e. The van der Waals surface area contributed by atoms with Gasteiger partial charge in [0.2, 0.25) is 15.9 Å². The van der Waals surface area contributed by atoms with Gasteiger partial charge in [-0.1, -0.05) is 35.5 Å². The first-order chi connectivity index (χ1) is 10.9. The maximum Gasteiger partial charge on any atom is 0.226 e. The molecule has 23 heavy (non-hydrogen) atoms. The predicted octanol–water partition coefficient (Wildman–Crippen LogP) is 1.47. The van der Waals surface area contributed by atoms with Crippen LogP contribution in [0, 0.1) is 6.92 Å². The Morgan fingerprint density at radius 2 is 2.00 bits per heavy atom. The average molecular weight is 337 g/mol. The lowest BCUT2D eigenvalue weighted by atomic mass is 10.2. The molecule has 0 radical (unpaired) electrons. The number of nitrogens with one attached hydrogen (secondary N) is 2. The van der Waals surface area contributed by atoms with Crippen molar-refractivity contribution in [2.45, 2.75) is 19.8 Å². The van der Waals surface area contributed by atoms with E-state index in [1.807, 2.05) is 30.3 Å². The Bertz CT molecular complexity index is 741. The van der Waals surface area contributed by atoms with E-state index in [1.165, 1.54) is 0 Å². The lowest BCUT2D eigenvalue weighted by molar-refractivity contribution is -0.116. The van der Waals surface area contributed by atoms with Gasteiger partial charge in [0.05, 0.1) is 5.75 Å². The van der Waals surface area contributed by atoms with Crippen LogP contribution in [0.15, 0.2) is 40.9 Å². The van der Waals surface area contributed by atoms with Gasteiger partial charge in [-0.2, -0.15) is 0 Å². The summed E-state index contributed by atoms with van der Waals surface area (Å²) in [6, 6.07) is 11.0. The topological polar surface area (TPSA) is 101 Å². The molecule has 0 saturated carbocycles. The van der Waals surface area contributed by atoms with Gasteiger partial charge in [0.25, 0.3) is 0 Å². The highest BCUT2D eigenvalue weighted by Gasteiger charge is 2.12. The van der Waals surface area contributed by atoms with Crippen LogP contribution in [0.2, 0.25) is 0 Å². The van der Waals surface area contributed by atoms with Crippen molar-refractivity contribution in [2.75, 3.05) is 17.6 Å². The van der Waals surface area contributed by atoms with E-state index >= 15 is 0 Å². The Hall–Kier alpha value is -2.19. The highest BCUT2D eigenvalue weighted by molar-refractivity contribution is 7.89. The summed E-state index contributed by atoms with van der Waals surface area (Å²) in [6.07, 6.45) is 0.455. The van der Waals surface area contributed by atoms with Crippen LogP contribution in [0.1, 0.15) is 17.7 Å². The molecule has 1 amide bonds. The van der Waals surface area contributed by atoms with Gasteiger partial charge in [-0.05, 0) is 18.9 Å². The number of aromatic nitrogens is 1. The number of amides is 1. The van der Waals surface area contributed by atoms with Crippen LogP contribution in [0.3, 0.4) is 0 Å². The van der Waals surface area contributed by atoms with E-state index in [9.17, 15) is 13.2 Å². The maximum atomic E-state index is 11.9. The van der Waals surface area contributed by atoms with Gasteiger partial charge >= 0.3 is 0 Å². The molecule has 0 atom stereocenters. The van der Waals surface area contributed by atoms with Crippen LogP contribution < -0.4 is 10.0 Å². The molecule has 0 spiro atoms. The molecular formula is C15H19N3O4S. The lowest BCUT2D eigenvalue weighted by Gasteiger charge is -2.06. The monoisotopic (exact) mass is 337 g/mol. The Morgan fingerprint density at radius 3 is 2.65 bits per heavy atom. The van der Waals surface area contributed by atoms with Gasteiger partial charge in [0, 0.05) is 19.0 Å². The first kappa shape index (κ1) is 17.2. The van der Waals surface area contributed by atoms with Crippen LogP contribution in [0.5, 0.6) is 0 Å². The molecule has 1 aromatic carbocycles. The summed E-state index contributed by atoms with van der Waals surface area (Å²) < 4.78 is 31.0.